The van der Waals surface area contributed by atoms with Gasteiger partial charge in [-0.15, -0.1) is 0 Å². The van der Waals surface area contributed by atoms with E-state index in [1.807, 2.05) is 18.7 Å². The van der Waals surface area contributed by atoms with E-state index in [1.165, 1.54) is 0 Å². The van der Waals surface area contributed by atoms with Crippen LogP contribution in [0.3, 0.4) is 0 Å². The maximum Gasteiger partial charge on any atom is 0.237 e. The monoisotopic (exact) mass is 216 g/mol. The smallest absolute Gasteiger partial charge is 0.237 e. The van der Waals surface area contributed by atoms with Crippen LogP contribution in [0.4, 0.5) is 0 Å². The van der Waals surface area contributed by atoms with Crippen LogP contribution in [-0.2, 0) is 4.79 Å². The van der Waals surface area contributed by atoms with Crippen LogP contribution in [-0.4, -0.2) is 36.0 Å². The highest BCUT2D eigenvalue weighted by Gasteiger charge is 2.25. The number of thioether (sulfide) groups is 1. The Hall–Kier alpha value is -0.220. The zero-order valence-corrected chi connectivity index (χ0v) is 9.82. The molecule has 3 nitrogen and oxygen atoms in total. The van der Waals surface area contributed by atoms with Gasteiger partial charge in [-0.1, -0.05) is 6.92 Å². The van der Waals surface area contributed by atoms with Crippen molar-refractivity contribution in [1.29, 1.82) is 0 Å². The minimum Gasteiger partial charge on any atom is -0.352 e. The molecule has 1 fully saturated rings. The van der Waals surface area contributed by atoms with Gasteiger partial charge in [-0.3, -0.25) is 4.79 Å². The maximum absolute atomic E-state index is 11.5. The maximum atomic E-state index is 11.5. The van der Waals surface area contributed by atoms with E-state index in [1.54, 1.807) is 0 Å². The molecule has 0 aromatic carbocycles. The summed E-state index contributed by atoms with van der Waals surface area (Å²) < 4.78 is 0. The van der Waals surface area contributed by atoms with Crippen LogP contribution in [0, 0.1) is 0 Å². The topological polar surface area (TPSA) is 41.1 Å². The summed E-state index contributed by atoms with van der Waals surface area (Å²) in [6.07, 6.45) is 2.31. The van der Waals surface area contributed by atoms with Gasteiger partial charge in [0, 0.05) is 18.3 Å². The number of nitrogens with one attached hydrogen (secondary N) is 2. The summed E-state index contributed by atoms with van der Waals surface area (Å²) in [5.74, 6) is 2.37. The van der Waals surface area contributed by atoms with Gasteiger partial charge in [0.25, 0.3) is 0 Å². The van der Waals surface area contributed by atoms with Crippen LogP contribution in [0.2, 0.25) is 0 Å². The van der Waals surface area contributed by atoms with Crippen molar-refractivity contribution in [3.63, 3.8) is 0 Å². The Bertz CT molecular complexity index is 183. The van der Waals surface area contributed by atoms with Crippen LogP contribution in [0.5, 0.6) is 0 Å². The van der Waals surface area contributed by atoms with Gasteiger partial charge in [-0.05, 0) is 25.5 Å². The molecule has 2 N–H and O–H groups in total. The van der Waals surface area contributed by atoms with E-state index in [2.05, 4.69) is 17.6 Å². The second-order valence-electron chi connectivity index (χ2n) is 3.66. The van der Waals surface area contributed by atoms with Crippen molar-refractivity contribution < 1.29 is 4.79 Å². The summed E-state index contributed by atoms with van der Waals surface area (Å²) in [5, 5.41) is 6.20. The van der Waals surface area contributed by atoms with Crippen molar-refractivity contribution in [3.8, 4) is 0 Å². The molecule has 0 saturated heterocycles. The van der Waals surface area contributed by atoms with Crippen LogP contribution < -0.4 is 10.6 Å². The van der Waals surface area contributed by atoms with Gasteiger partial charge < -0.3 is 10.6 Å². The van der Waals surface area contributed by atoms with Crippen molar-refractivity contribution in [3.05, 3.63) is 0 Å². The molecule has 0 aliphatic heterocycles. The second-order valence-corrected chi connectivity index (χ2v) is 5.05. The average Bonchev–Trinajstić information content (AvgIpc) is 2.96. The third-order valence-corrected chi connectivity index (χ3v) is 3.12. The molecule has 1 saturated carbocycles. The van der Waals surface area contributed by atoms with Gasteiger partial charge in [-0.25, -0.2) is 0 Å². The molecule has 0 radical (unpaired) electrons. The zero-order valence-electron chi connectivity index (χ0n) is 9.01. The Morgan fingerprint density at radius 1 is 1.57 bits per heavy atom. The standard InChI is InChI=1S/C10H20N2OS/c1-3-14-7-6-11-8(2)10(13)12-9-4-5-9/h8-9,11H,3-7H2,1-2H3,(H,12,13). The Kier molecular flexibility index (Phi) is 5.33. The third-order valence-electron chi connectivity index (χ3n) is 2.22. The largest absolute Gasteiger partial charge is 0.352 e. The minimum absolute atomic E-state index is 0.0481. The first kappa shape index (κ1) is 11.9. The molecule has 0 bridgehead atoms. The molecule has 82 valence electrons. The van der Waals surface area contributed by atoms with Crippen molar-refractivity contribution in [2.75, 3.05) is 18.1 Å². The number of carbonyl (C=O) groups excluding carboxylic acids is 1. The van der Waals surface area contributed by atoms with Gasteiger partial charge in [-0.2, -0.15) is 11.8 Å². The van der Waals surface area contributed by atoms with Crippen LogP contribution in [0.15, 0.2) is 0 Å². The highest BCUT2D eigenvalue weighted by molar-refractivity contribution is 7.99. The van der Waals surface area contributed by atoms with Gasteiger partial charge in [0.05, 0.1) is 6.04 Å². The molecule has 1 aliphatic rings. The van der Waals surface area contributed by atoms with Gasteiger partial charge in [0.15, 0.2) is 0 Å². The molecular formula is C10H20N2OS. The molecule has 4 heteroatoms. The lowest BCUT2D eigenvalue weighted by Gasteiger charge is -2.13. The van der Waals surface area contributed by atoms with Gasteiger partial charge in [0.1, 0.15) is 0 Å². The Balaban J connectivity index is 2.00. The summed E-state index contributed by atoms with van der Waals surface area (Å²) in [7, 11) is 0. The molecular weight excluding hydrogens is 196 g/mol. The number of amides is 1. The lowest BCUT2D eigenvalue weighted by atomic mass is 10.3. The van der Waals surface area contributed by atoms with E-state index in [9.17, 15) is 4.79 Å². The SMILES string of the molecule is CCSCCNC(C)C(=O)NC1CC1. The highest BCUT2D eigenvalue weighted by atomic mass is 32.2. The molecule has 14 heavy (non-hydrogen) atoms. The molecule has 1 atom stereocenters. The molecule has 0 heterocycles. The van der Waals surface area contributed by atoms with E-state index >= 15 is 0 Å². The number of rotatable bonds is 7. The van der Waals surface area contributed by atoms with E-state index in [0.717, 1.165) is 30.9 Å². The van der Waals surface area contributed by atoms with Crippen molar-refractivity contribution in [2.45, 2.75) is 38.8 Å². The molecule has 0 spiro atoms. The normalized spacial score (nSPS) is 17.9. The number of hydrogen-bond acceptors (Lipinski definition) is 3. The molecule has 1 unspecified atom stereocenters. The molecule has 0 aromatic rings. The molecule has 1 rings (SSSR count). The third kappa shape index (κ3) is 4.86. The van der Waals surface area contributed by atoms with Crippen molar-refractivity contribution >= 4 is 17.7 Å². The van der Waals surface area contributed by atoms with Crippen LogP contribution in [0.1, 0.15) is 26.7 Å². The first-order valence-electron chi connectivity index (χ1n) is 5.35. The lowest BCUT2D eigenvalue weighted by molar-refractivity contribution is -0.122. The van der Waals surface area contributed by atoms with Crippen LogP contribution in [0.25, 0.3) is 0 Å². The minimum atomic E-state index is -0.0481. The summed E-state index contributed by atoms with van der Waals surface area (Å²) >= 11 is 1.89. The first-order chi connectivity index (χ1) is 6.74. The van der Waals surface area contributed by atoms with E-state index < -0.39 is 0 Å². The fraction of sp³-hybridized carbons (Fsp3) is 0.900. The van der Waals surface area contributed by atoms with E-state index in [4.69, 9.17) is 0 Å². The number of hydrogen-bond donors (Lipinski definition) is 2. The Morgan fingerprint density at radius 2 is 2.29 bits per heavy atom. The highest BCUT2D eigenvalue weighted by Crippen LogP contribution is 2.18. The first-order valence-corrected chi connectivity index (χ1v) is 6.51. The summed E-state index contributed by atoms with van der Waals surface area (Å²) in [4.78, 5) is 11.5. The predicted molar refractivity (Wildman–Crippen MR) is 61.6 cm³/mol. The summed E-state index contributed by atoms with van der Waals surface area (Å²) in [5.41, 5.74) is 0. The van der Waals surface area contributed by atoms with E-state index in [-0.39, 0.29) is 11.9 Å². The fourth-order valence-electron chi connectivity index (χ4n) is 1.14. The fourth-order valence-corrected chi connectivity index (χ4v) is 1.69. The van der Waals surface area contributed by atoms with E-state index in [0.29, 0.717) is 6.04 Å². The quantitative estimate of drug-likeness (QED) is 0.624. The number of carbonyl (C=O) groups is 1. The Labute approximate surface area is 90.4 Å². The Morgan fingerprint density at radius 3 is 2.86 bits per heavy atom. The van der Waals surface area contributed by atoms with Crippen LogP contribution >= 0.6 is 11.8 Å². The van der Waals surface area contributed by atoms with Crippen molar-refractivity contribution in [1.82, 2.24) is 10.6 Å². The predicted octanol–water partition coefficient (Wildman–Crippen LogP) is 0.996. The zero-order chi connectivity index (χ0) is 10.4. The van der Waals surface area contributed by atoms with Gasteiger partial charge in [0.2, 0.25) is 5.91 Å². The molecule has 1 amide bonds. The van der Waals surface area contributed by atoms with Gasteiger partial charge >= 0.3 is 0 Å². The lowest BCUT2D eigenvalue weighted by Crippen LogP contribution is -2.43. The molecule has 1 aliphatic carbocycles. The average molecular weight is 216 g/mol. The second kappa shape index (κ2) is 6.30. The van der Waals surface area contributed by atoms with Crippen molar-refractivity contribution in [2.24, 2.45) is 0 Å². The summed E-state index contributed by atoms with van der Waals surface area (Å²) in [6, 6.07) is 0.421. The summed E-state index contributed by atoms with van der Waals surface area (Å²) in [6.45, 7) is 4.99. The molecule has 0 aromatic heterocycles.